The van der Waals surface area contributed by atoms with Crippen molar-refractivity contribution in [2.24, 2.45) is 17.8 Å². The van der Waals surface area contributed by atoms with Gasteiger partial charge < -0.3 is 0 Å². The molecule has 0 fully saturated rings. The van der Waals surface area contributed by atoms with Gasteiger partial charge in [-0.15, -0.1) is 0 Å². The second-order valence-corrected chi connectivity index (χ2v) is 5.89. The Balaban J connectivity index is 3.45. The first-order valence-electron chi connectivity index (χ1n) is 7.61. The lowest BCUT2D eigenvalue weighted by atomic mass is 9.86. The Morgan fingerprint density at radius 1 is 0.688 bits per heavy atom. The van der Waals surface area contributed by atoms with E-state index in [2.05, 4.69) is 34.6 Å². The second kappa shape index (κ2) is 10.2. The molecule has 0 heteroatoms. The fraction of sp³-hybridized carbons (Fsp3) is 1.00. The molecule has 0 amide bonds. The summed E-state index contributed by atoms with van der Waals surface area (Å²) in [6.45, 7) is 11.9. The number of unbranched alkanes of at least 4 members (excludes halogenated alkanes) is 3. The van der Waals surface area contributed by atoms with Crippen LogP contribution in [-0.2, 0) is 0 Å². The van der Waals surface area contributed by atoms with E-state index in [0.29, 0.717) is 0 Å². The van der Waals surface area contributed by atoms with E-state index in [1.165, 1.54) is 51.4 Å². The van der Waals surface area contributed by atoms with Gasteiger partial charge in [-0.05, 0) is 17.8 Å². The monoisotopic (exact) mass is 226 g/mol. The fourth-order valence-electron chi connectivity index (χ4n) is 2.30. The van der Waals surface area contributed by atoms with Crippen LogP contribution in [0, 0.1) is 17.8 Å². The maximum Gasteiger partial charge on any atom is -0.0417 e. The van der Waals surface area contributed by atoms with Crippen molar-refractivity contribution in [2.45, 2.75) is 86.0 Å². The highest BCUT2D eigenvalue weighted by Crippen LogP contribution is 2.24. The van der Waals surface area contributed by atoms with Crippen LogP contribution < -0.4 is 0 Å². The van der Waals surface area contributed by atoms with Gasteiger partial charge in [0.15, 0.2) is 0 Å². The van der Waals surface area contributed by atoms with E-state index in [9.17, 15) is 0 Å². The molecule has 0 aromatic rings. The molecular weight excluding hydrogens is 192 g/mol. The highest BCUT2D eigenvalue weighted by Gasteiger charge is 2.11. The van der Waals surface area contributed by atoms with E-state index in [0.717, 1.165) is 17.8 Å². The summed E-state index contributed by atoms with van der Waals surface area (Å²) in [5.41, 5.74) is 0. The molecule has 0 aliphatic rings. The summed E-state index contributed by atoms with van der Waals surface area (Å²) in [7, 11) is 0. The van der Waals surface area contributed by atoms with Crippen molar-refractivity contribution >= 4 is 0 Å². The minimum Gasteiger partial charge on any atom is -0.0654 e. The first kappa shape index (κ1) is 16.0. The molecule has 0 nitrogen and oxygen atoms in total. The van der Waals surface area contributed by atoms with Gasteiger partial charge in [0.25, 0.3) is 0 Å². The Kier molecular flexibility index (Phi) is 10.2. The SMILES string of the molecule is CCCCCCC(C)CCC(C)C(C)CC. The topological polar surface area (TPSA) is 0 Å². The molecule has 0 aliphatic heterocycles. The Hall–Kier alpha value is 0. The Bertz CT molecular complexity index is 139. The van der Waals surface area contributed by atoms with E-state index < -0.39 is 0 Å². The molecule has 0 saturated carbocycles. The lowest BCUT2D eigenvalue weighted by Gasteiger charge is -2.20. The zero-order valence-electron chi connectivity index (χ0n) is 12.4. The van der Waals surface area contributed by atoms with E-state index in [-0.39, 0.29) is 0 Å². The van der Waals surface area contributed by atoms with Gasteiger partial charge in [-0.25, -0.2) is 0 Å². The van der Waals surface area contributed by atoms with Crippen LogP contribution in [0.4, 0.5) is 0 Å². The Morgan fingerprint density at radius 3 is 1.94 bits per heavy atom. The molecule has 98 valence electrons. The van der Waals surface area contributed by atoms with Crippen LogP contribution >= 0.6 is 0 Å². The van der Waals surface area contributed by atoms with E-state index in [1.54, 1.807) is 0 Å². The third kappa shape index (κ3) is 8.19. The van der Waals surface area contributed by atoms with Crippen LogP contribution in [-0.4, -0.2) is 0 Å². The molecule has 3 atom stereocenters. The maximum absolute atomic E-state index is 2.44. The van der Waals surface area contributed by atoms with Crippen LogP contribution in [0.15, 0.2) is 0 Å². The number of rotatable bonds is 10. The van der Waals surface area contributed by atoms with Gasteiger partial charge >= 0.3 is 0 Å². The molecule has 3 unspecified atom stereocenters. The van der Waals surface area contributed by atoms with Crippen LogP contribution in [0.2, 0.25) is 0 Å². The summed E-state index contributed by atoms with van der Waals surface area (Å²) in [4.78, 5) is 0. The maximum atomic E-state index is 2.44. The standard InChI is InChI=1S/C16H34/c1-6-8-9-10-11-14(3)12-13-16(5)15(4)7-2/h14-16H,6-13H2,1-5H3. The zero-order chi connectivity index (χ0) is 12.4. The van der Waals surface area contributed by atoms with Crippen molar-refractivity contribution in [3.8, 4) is 0 Å². The van der Waals surface area contributed by atoms with Gasteiger partial charge in [-0.2, -0.15) is 0 Å². The quantitative estimate of drug-likeness (QED) is 0.397. The molecule has 0 N–H and O–H groups in total. The zero-order valence-corrected chi connectivity index (χ0v) is 12.4. The molecule has 0 aromatic heterocycles. The Morgan fingerprint density at radius 2 is 1.38 bits per heavy atom. The van der Waals surface area contributed by atoms with Crippen LogP contribution in [0.1, 0.15) is 86.0 Å². The predicted molar refractivity (Wildman–Crippen MR) is 75.8 cm³/mol. The molecule has 0 saturated heterocycles. The lowest BCUT2D eigenvalue weighted by Crippen LogP contribution is -2.08. The summed E-state index contributed by atoms with van der Waals surface area (Å²) in [6.07, 6.45) is 11.4. The van der Waals surface area contributed by atoms with Crippen molar-refractivity contribution in [1.29, 1.82) is 0 Å². The predicted octanol–water partition coefficient (Wildman–Crippen LogP) is 6.06. The number of hydrogen-bond acceptors (Lipinski definition) is 0. The van der Waals surface area contributed by atoms with Crippen molar-refractivity contribution in [2.75, 3.05) is 0 Å². The average molecular weight is 226 g/mol. The van der Waals surface area contributed by atoms with Crippen LogP contribution in [0.5, 0.6) is 0 Å². The summed E-state index contributed by atoms with van der Waals surface area (Å²) in [5, 5.41) is 0. The van der Waals surface area contributed by atoms with E-state index in [4.69, 9.17) is 0 Å². The molecule has 0 aliphatic carbocycles. The minimum absolute atomic E-state index is 0.910. The summed E-state index contributed by atoms with van der Waals surface area (Å²) >= 11 is 0. The normalized spacial score (nSPS) is 17.1. The Labute approximate surface area is 104 Å². The lowest BCUT2D eigenvalue weighted by molar-refractivity contribution is 0.316. The summed E-state index contributed by atoms with van der Waals surface area (Å²) in [5.74, 6) is 2.78. The van der Waals surface area contributed by atoms with Gasteiger partial charge in [-0.3, -0.25) is 0 Å². The number of hydrogen-bond donors (Lipinski definition) is 0. The van der Waals surface area contributed by atoms with Gasteiger partial charge in [0.05, 0.1) is 0 Å². The van der Waals surface area contributed by atoms with Crippen molar-refractivity contribution < 1.29 is 0 Å². The third-order valence-corrected chi connectivity index (χ3v) is 4.28. The molecule has 0 radical (unpaired) electrons. The molecule has 0 spiro atoms. The summed E-state index contributed by atoms with van der Waals surface area (Å²) < 4.78 is 0. The van der Waals surface area contributed by atoms with E-state index in [1.807, 2.05) is 0 Å². The highest BCUT2D eigenvalue weighted by molar-refractivity contribution is 4.63. The smallest absolute Gasteiger partial charge is 0.0417 e. The first-order chi connectivity index (χ1) is 7.61. The fourth-order valence-corrected chi connectivity index (χ4v) is 2.30. The molecule has 16 heavy (non-hydrogen) atoms. The van der Waals surface area contributed by atoms with Crippen LogP contribution in [0.25, 0.3) is 0 Å². The average Bonchev–Trinajstić information content (AvgIpc) is 2.30. The molecule has 0 bridgehead atoms. The van der Waals surface area contributed by atoms with Crippen molar-refractivity contribution in [1.82, 2.24) is 0 Å². The first-order valence-corrected chi connectivity index (χ1v) is 7.61. The van der Waals surface area contributed by atoms with Gasteiger partial charge in [0, 0.05) is 0 Å². The van der Waals surface area contributed by atoms with Gasteiger partial charge in [-0.1, -0.05) is 86.0 Å². The van der Waals surface area contributed by atoms with E-state index >= 15 is 0 Å². The highest BCUT2D eigenvalue weighted by atomic mass is 14.2. The summed E-state index contributed by atoms with van der Waals surface area (Å²) in [6, 6.07) is 0. The molecule has 0 aromatic carbocycles. The van der Waals surface area contributed by atoms with Crippen molar-refractivity contribution in [3.63, 3.8) is 0 Å². The molecule has 0 rings (SSSR count). The van der Waals surface area contributed by atoms with Gasteiger partial charge in [0.2, 0.25) is 0 Å². The van der Waals surface area contributed by atoms with Gasteiger partial charge in [0.1, 0.15) is 0 Å². The molecule has 0 heterocycles. The molecular formula is C16H34. The minimum atomic E-state index is 0.910. The third-order valence-electron chi connectivity index (χ3n) is 4.28. The van der Waals surface area contributed by atoms with Crippen LogP contribution in [0.3, 0.4) is 0 Å². The second-order valence-electron chi connectivity index (χ2n) is 5.89. The largest absolute Gasteiger partial charge is 0.0654 e. The van der Waals surface area contributed by atoms with Crippen molar-refractivity contribution in [3.05, 3.63) is 0 Å².